The molecule has 0 fully saturated rings. The van der Waals surface area contributed by atoms with Crippen LogP contribution >= 0.6 is 0 Å². The second kappa shape index (κ2) is 15.5. The van der Waals surface area contributed by atoms with E-state index in [1.807, 2.05) is 0 Å². The summed E-state index contributed by atoms with van der Waals surface area (Å²) in [6.45, 7) is 2.35. The van der Waals surface area contributed by atoms with Crippen molar-refractivity contribution in [3.05, 3.63) is 89.3 Å². The quantitative estimate of drug-likeness (QED) is 0.130. The second-order valence-corrected chi connectivity index (χ2v) is 8.49. The molecule has 12 heteroatoms. The number of carbonyl (C=O) groups excluding carboxylic acids is 2. The lowest BCUT2D eigenvalue weighted by Crippen LogP contribution is -2.16. The highest BCUT2D eigenvalue weighted by Gasteiger charge is 2.20. The summed E-state index contributed by atoms with van der Waals surface area (Å²) in [6, 6.07) is 11.3. The summed E-state index contributed by atoms with van der Waals surface area (Å²) in [5.74, 6) is -1.86. The van der Waals surface area contributed by atoms with Crippen LogP contribution in [0.3, 0.4) is 0 Å². The zero-order valence-corrected chi connectivity index (χ0v) is 22.1. The molecule has 0 aliphatic rings. The second-order valence-electron chi connectivity index (χ2n) is 8.49. The van der Waals surface area contributed by atoms with Gasteiger partial charge < -0.3 is 19.3 Å². The third kappa shape index (κ3) is 8.97. The number of aromatic nitrogens is 4. The molecule has 0 amide bonds. The minimum absolute atomic E-state index is 0.0380. The topological polar surface area (TPSA) is 126 Å². The average molecular weight is 557 g/mol. The fourth-order valence-corrected chi connectivity index (χ4v) is 3.71. The Bertz CT molecular complexity index is 1280. The Kier molecular flexibility index (Phi) is 11.8. The molecule has 1 heterocycles. The Morgan fingerprint density at radius 2 is 1.65 bits per heavy atom. The lowest BCUT2D eigenvalue weighted by molar-refractivity contribution is -0.145. The maximum atomic E-state index is 13.8. The van der Waals surface area contributed by atoms with Crippen molar-refractivity contribution in [1.29, 1.82) is 0 Å². The number of ether oxygens (including phenoxy) is 3. The molecule has 10 nitrogen and oxygen atoms in total. The van der Waals surface area contributed by atoms with Crippen LogP contribution in [0.4, 0.5) is 8.78 Å². The van der Waals surface area contributed by atoms with E-state index in [9.17, 15) is 23.5 Å². The molecule has 0 spiro atoms. The Hall–Kier alpha value is -4.13. The Morgan fingerprint density at radius 3 is 2.23 bits per heavy atom. The zero-order chi connectivity index (χ0) is 28.9. The molecule has 0 saturated carbocycles. The number of allylic oxidation sites excluding steroid dienone is 2. The summed E-state index contributed by atoms with van der Waals surface area (Å²) >= 11 is 0. The number of halogens is 2. The number of hydrogen-bond donors (Lipinski definition) is 1. The molecule has 1 unspecified atom stereocenters. The van der Waals surface area contributed by atoms with Crippen LogP contribution in [-0.4, -0.2) is 70.1 Å². The molecule has 2 aromatic carbocycles. The van der Waals surface area contributed by atoms with E-state index in [4.69, 9.17) is 14.2 Å². The van der Waals surface area contributed by atoms with E-state index in [0.29, 0.717) is 28.9 Å². The monoisotopic (exact) mass is 556 g/mol. The molecule has 40 heavy (non-hydrogen) atoms. The Balaban J connectivity index is 2.08. The maximum Gasteiger partial charge on any atom is 0.313 e. The van der Waals surface area contributed by atoms with Gasteiger partial charge in [0.15, 0.2) is 5.82 Å². The highest BCUT2D eigenvalue weighted by Crippen LogP contribution is 2.33. The third-order valence-corrected chi connectivity index (χ3v) is 5.52. The van der Waals surface area contributed by atoms with Gasteiger partial charge in [-0.15, -0.1) is 5.10 Å². The predicted octanol–water partition coefficient (Wildman–Crippen LogP) is 3.36. The van der Waals surface area contributed by atoms with Crippen molar-refractivity contribution in [3.63, 3.8) is 0 Å². The number of aliphatic hydroxyl groups excluding tert-OH is 1. The van der Waals surface area contributed by atoms with Gasteiger partial charge in [-0.25, -0.2) is 8.78 Å². The van der Waals surface area contributed by atoms with E-state index < -0.39 is 35.9 Å². The molecule has 0 aliphatic heterocycles. The number of methoxy groups -OCH3 is 1. The van der Waals surface area contributed by atoms with Gasteiger partial charge in [0.05, 0.1) is 25.9 Å². The Labute approximate surface area is 229 Å². The van der Waals surface area contributed by atoms with E-state index in [0.717, 1.165) is 0 Å². The van der Waals surface area contributed by atoms with Crippen molar-refractivity contribution < 1.29 is 37.7 Å². The summed E-state index contributed by atoms with van der Waals surface area (Å²) in [5.41, 5.74) is 1.97. The van der Waals surface area contributed by atoms with E-state index in [2.05, 4.69) is 15.5 Å². The van der Waals surface area contributed by atoms with E-state index >= 15 is 0 Å². The van der Waals surface area contributed by atoms with E-state index in [1.165, 1.54) is 48.2 Å². The molecular formula is C28H30F2N4O6. The molecule has 3 aromatic rings. The van der Waals surface area contributed by atoms with Gasteiger partial charge in [0.1, 0.15) is 30.6 Å². The number of tetrazole rings is 1. The van der Waals surface area contributed by atoms with Crippen LogP contribution in [-0.2, 0) is 30.5 Å². The first-order valence-corrected chi connectivity index (χ1v) is 12.4. The van der Waals surface area contributed by atoms with Crippen LogP contribution in [0.1, 0.15) is 36.7 Å². The van der Waals surface area contributed by atoms with Gasteiger partial charge in [-0.05, 0) is 58.3 Å². The Morgan fingerprint density at radius 1 is 1.02 bits per heavy atom. The molecular weight excluding hydrogens is 526 g/mol. The third-order valence-electron chi connectivity index (χ3n) is 5.52. The van der Waals surface area contributed by atoms with Crippen molar-refractivity contribution in [3.8, 4) is 0 Å². The molecule has 0 radical (unpaired) electrons. The number of Topliss-reactive ketones (excluding diaryl/α,β-unsaturated/α-hetero) is 1. The normalized spacial score (nSPS) is 11.9. The van der Waals surface area contributed by atoms with Crippen LogP contribution in [0, 0.1) is 11.6 Å². The van der Waals surface area contributed by atoms with E-state index in [-0.39, 0.29) is 32.2 Å². The number of nitrogens with zero attached hydrogens (tertiary/aromatic N) is 4. The number of rotatable bonds is 15. The van der Waals surface area contributed by atoms with Gasteiger partial charge in [0, 0.05) is 19.1 Å². The molecule has 1 N–H and O–H groups in total. The van der Waals surface area contributed by atoms with Crippen molar-refractivity contribution in [2.75, 3.05) is 26.9 Å². The zero-order valence-electron chi connectivity index (χ0n) is 22.1. The number of carbonyl (C=O) groups is 2. The van der Waals surface area contributed by atoms with Crippen molar-refractivity contribution in [1.82, 2.24) is 20.2 Å². The first-order valence-electron chi connectivity index (χ1n) is 12.4. The SMILES string of the molecule is CCOC(=O)CC(=O)CC(O)C=CC(=C(c1ccc(F)cc1)c1ccc(F)cc1)c1nnnn1COCCOC. The van der Waals surface area contributed by atoms with Gasteiger partial charge in [0.2, 0.25) is 0 Å². The van der Waals surface area contributed by atoms with Crippen LogP contribution in [0.15, 0.2) is 60.7 Å². The van der Waals surface area contributed by atoms with Gasteiger partial charge in [-0.3, -0.25) is 9.59 Å². The fourth-order valence-electron chi connectivity index (χ4n) is 3.71. The summed E-state index contributed by atoms with van der Waals surface area (Å²) in [4.78, 5) is 23.9. The number of ketones is 1. The van der Waals surface area contributed by atoms with Crippen molar-refractivity contribution in [2.24, 2.45) is 0 Å². The maximum absolute atomic E-state index is 13.8. The first kappa shape index (κ1) is 30.4. The lowest BCUT2D eigenvalue weighted by atomic mass is 9.91. The van der Waals surface area contributed by atoms with Crippen LogP contribution < -0.4 is 0 Å². The van der Waals surface area contributed by atoms with Gasteiger partial charge in [-0.1, -0.05) is 36.4 Å². The summed E-state index contributed by atoms with van der Waals surface area (Å²) in [6.07, 6.45) is 0.810. The number of aliphatic hydroxyl groups is 1. The van der Waals surface area contributed by atoms with Crippen molar-refractivity contribution in [2.45, 2.75) is 32.6 Å². The van der Waals surface area contributed by atoms with Crippen LogP contribution in [0.5, 0.6) is 0 Å². The summed E-state index contributed by atoms with van der Waals surface area (Å²) in [5, 5.41) is 22.5. The number of esters is 1. The molecule has 0 aliphatic carbocycles. The molecule has 1 atom stereocenters. The average Bonchev–Trinajstić information content (AvgIpc) is 3.38. The van der Waals surface area contributed by atoms with Gasteiger partial charge in [-0.2, -0.15) is 4.68 Å². The largest absolute Gasteiger partial charge is 0.466 e. The fraction of sp³-hybridized carbons (Fsp3) is 0.321. The van der Waals surface area contributed by atoms with E-state index in [1.54, 1.807) is 31.2 Å². The first-order chi connectivity index (χ1) is 19.3. The van der Waals surface area contributed by atoms with Gasteiger partial charge in [0.25, 0.3) is 0 Å². The highest BCUT2D eigenvalue weighted by atomic mass is 19.1. The van der Waals surface area contributed by atoms with Crippen LogP contribution in [0.2, 0.25) is 0 Å². The summed E-state index contributed by atoms with van der Waals surface area (Å²) in [7, 11) is 1.54. The molecule has 212 valence electrons. The molecule has 0 bridgehead atoms. The number of hydrogen-bond acceptors (Lipinski definition) is 9. The van der Waals surface area contributed by atoms with Gasteiger partial charge >= 0.3 is 5.97 Å². The lowest BCUT2D eigenvalue weighted by Gasteiger charge is -2.15. The summed E-state index contributed by atoms with van der Waals surface area (Å²) < 4.78 is 44.4. The minimum atomic E-state index is -1.26. The number of benzene rings is 2. The molecule has 0 saturated heterocycles. The standard InChI is InChI=1S/C28H30F2N4O6/c1-3-40-26(37)17-24(36)16-23(35)12-13-25(28-31-32-33-34(28)18-39-15-14-38-2)27(19-4-8-21(29)9-5-19)20-6-10-22(30)11-7-20/h4-13,23,35H,3,14-18H2,1-2H3. The van der Waals surface area contributed by atoms with Crippen molar-refractivity contribution >= 4 is 22.9 Å². The minimum Gasteiger partial charge on any atom is -0.466 e. The predicted molar refractivity (Wildman–Crippen MR) is 140 cm³/mol. The molecule has 1 aromatic heterocycles. The van der Waals surface area contributed by atoms with Crippen LogP contribution in [0.25, 0.3) is 11.1 Å². The molecule has 3 rings (SSSR count). The highest BCUT2D eigenvalue weighted by molar-refractivity contribution is 6.01. The smallest absolute Gasteiger partial charge is 0.313 e.